The van der Waals surface area contributed by atoms with Gasteiger partial charge < -0.3 is 11.1 Å². The summed E-state index contributed by atoms with van der Waals surface area (Å²) >= 11 is 7.57. The Morgan fingerprint density at radius 3 is 2.62 bits per heavy atom. The Hall–Kier alpha value is -1.59. The summed E-state index contributed by atoms with van der Waals surface area (Å²) in [5.74, 6) is -0.917. The van der Waals surface area contributed by atoms with Gasteiger partial charge in [0, 0.05) is 10.1 Å². The molecule has 1 aromatic carbocycles. The molecule has 1 aromatic heterocycles. The molecule has 3 N–H and O–H groups in total. The zero-order valence-corrected chi connectivity index (χ0v) is 13.4. The van der Waals surface area contributed by atoms with E-state index in [1.165, 1.54) is 11.3 Å². The fourth-order valence-corrected chi connectivity index (χ4v) is 3.52. The van der Waals surface area contributed by atoms with E-state index in [1.807, 2.05) is 38.1 Å². The van der Waals surface area contributed by atoms with Gasteiger partial charge in [0.05, 0.1) is 5.02 Å². The monoisotopic (exact) mass is 324 g/mol. The lowest BCUT2D eigenvalue weighted by molar-refractivity contribution is -0.120. The molecule has 2 atom stereocenters. The molecule has 0 aliphatic heterocycles. The Kier molecular flexibility index (Phi) is 4.85. The van der Waals surface area contributed by atoms with E-state index in [0.717, 1.165) is 16.5 Å². The first-order valence-electron chi connectivity index (χ1n) is 6.72. The van der Waals surface area contributed by atoms with Gasteiger partial charge in [0.1, 0.15) is 10.9 Å². The van der Waals surface area contributed by atoms with Crippen molar-refractivity contribution in [3.05, 3.63) is 34.2 Å². The average Bonchev–Trinajstić information content (AvgIpc) is 2.81. The summed E-state index contributed by atoms with van der Waals surface area (Å²) < 4.78 is 0.937. The molecule has 0 radical (unpaired) electrons. The van der Waals surface area contributed by atoms with Crippen LogP contribution >= 0.6 is 22.9 Å². The molecule has 6 heteroatoms. The second kappa shape index (κ2) is 6.45. The number of hydrogen-bond acceptors (Lipinski definition) is 3. The van der Waals surface area contributed by atoms with Crippen LogP contribution in [0.4, 0.5) is 0 Å². The number of thiophene rings is 1. The van der Waals surface area contributed by atoms with Crippen molar-refractivity contribution in [1.29, 1.82) is 0 Å². The largest absolute Gasteiger partial charge is 0.368 e. The SMILES string of the molecule is CCC(C)C(NC(=O)c1sc2ccccc2c1Cl)C(N)=O. The lowest BCUT2D eigenvalue weighted by atomic mass is 9.98. The van der Waals surface area contributed by atoms with E-state index in [0.29, 0.717) is 9.90 Å². The third kappa shape index (κ3) is 3.19. The Morgan fingerprint density at radius 2 is 2.05 bits per heavy atom. The van der Waals surface area contributed by atoms with E-state index < -0.39 is 11.9 Å². The molecular weight excluding hydrogens is 308 g/mol. The molecule has 0 saturated heterocycles. The van der Waals surface area contributed by atoms with Gasteiger partial charge in [-0.15, -0.1) is 11.3 Å². The van der Waals surface area contributed by atoms with Crippen LogP contribution in [0.2, 0.25) is 5.02 Å². The van der Waals surface area contributed by atoms with Crippen LogP contribution in [0.25, 0.3) is 10.1 Å². The van der Waals surface area contributed by atoms with Crippen LogP contribution in [0.1, 0.15) is 29.9 Å². The highest BCUT2D eigenvalue weighted by Crippen LogP contribution is 2.35. The first-order valence-corrected chi connectivity index (χ1v) is 7.92. The molecular formula is C15H17ClN2O2S. The number of benzene rings is 1. The summed E-state index contributed by atoms with van der Waals surface area (Å²) in [6.07, 6.45) is 0.744. The van der Waals surface area contributed by atoms with E-state index in [-0.39, 0.29) is 11.8 Å². The first-order chi connectivity index (χ1) is 9.95. The predicted molar refractivity (Wildman–Crippen MR) is 86.7 cm³/mol. The van der Waals surface area contributed by atoms with E-state index in [9.17, 15) is 9.59 Å². The smallest absolute Gasteiger partial charge is 0.263 e. The lowest BCUT2D eigenvalue weighted by Gasteiger charge is -2.20. The molecule has 2 unspecified atom stereocenters. The Balaban J connectivity index is 2.29. The van der Waals surface area contributed by atoms with Crippen molar-refractivity contribution in [3.8, 4) is 0 Å². The highest BCUT2D eigenvalue weighted by Gasteiger charge is 2.26. The minimum atomic E-state index is -0.691. The maximum absolute atomic E-state index is 12.4. The third-order valence-corrected chi connectivity index (χ3v) is 5.22. The summed E-state index contributed by atoms with van der Waals surface area (Å²) in [5, 5.41) is 3.96. The van der Waals surface area contributed by atoms with Crippen LogP contribution in [0.15, 0.2) is 24.3 Å². The van der Waals surface area contributed by atoms with Gasteiger partial charge in [0.2, 0.25) is 5.91 Å². The Morgan fingerprint density at radius 1 is 1.38 bits per heavy atom. The van der Waals surface area contributed by atoms with Gasteiger partial charge in [-0.3, -0.25) is 9.59 Å². The number of hydrogen-bond donors (Lipinski definition) is 2. The van der Waals surface area contributed by atoms with Gasteiger partial charge >= 0.3 is 0 Å². The predicted octanol–water partition coefficient (Wildman–Crippen LogP) is 3.18. The average molecular weight is 325 g/mol. The molecule has 2 aromatic rings. The second-order valence-corrected chi connectivity index (χ2v) is 6.41. The van der Waals surface area contributed by atoms with Crippen LogP contribution in [0, 0.1) is 5.92 Å². The molecule has 1 heterocycles. The van der Waals surface area contributed by atoms with Gasteiger partial charge in [-0.1, -0.05) is 50.1 Å². The molecule has 2 amide bonds. The van der Waals surface area contributed by atoms with Gasteiger partial charge in [0.25, 0.3) is 5.91 Å². The minimum absolute atomic E-state index is 0.0281. The summed E-state index contributed by atoms with van der Waals surface area (Å²) in [7, 11) is 0. The van der Waals surface area contributed by atoms with Crippen molar-refractivity contribution in [2.45, 2.75) is 26.3 Å². The Bertz CT molecular complexity index is 683. The first kappa shape index (κ1) is 15.8. The number of rotatable bonds is 5. The maximum Gasteiger partial charge on any atom is 0.263 e. The highest BCUT2D eigenvalue weighted by molar-refractivity contribution is 7.21. The van der Waals surface area contributed by atoms with Crippen molar-refractivity contribution in [2.24, 2.45) is 11.7 Å². The van der Waals surface area contributed by atoms with Gasteiger partial charge in [-0.25, -0.2) is 0 Å². The molecule has 0 spiro atoms. The number of fused-ring (bicyclic) bond motifs is 1. The summed E-state index contributed by atoms with van der Waals surface area (Å²) in [6.45, 7) is 3.82. The zero-order chi connectivity index (χ0) is 15.6. The molecule has 0 saturated carbocycles. The van der Waals surface area contributed by atoms with Crippen molar-refractivity contribution in [3.63, 3.8) is 0 Å². The number of primary amides is 1. The normalized spacial score (nSPS) is 13.9. The van der Waals surface area contributed by atoms with Crippen LogP contribution in [0.3, 0.4) is 0 Å². The topological polar surface area (TPSA) is 72.2 Å². The summed E-state index contributed by atoms with van der Waals surface area (Å²) in [5.41, 5.74) is 5.37. The second-order valence-electron chi connectivity index (χ2n) is 4.98. The van der Waals surface area contributed by atoms with E-state index in [2.05, 4.69) is 5.32 Å². The molecule has 21 heavy (non-hydrogen) atoms. The zero-order valence-electron chi connectivity index (χ0n) is 11.9. The van der Waals surface area contributed by atoms with Crippen molar-refractivity contribution in [1.82, 2.24) is 5.32 Å². The molecule has 0 fully saturated rings. The molecule has 4 nitrogen and oxygen atoms in total. The maximum atomic E-state index is 12.4. The molecule has 0 aliphatic carbocycles. The molecule has 2 rings (SSSR count). The van der Waals surface area contributed by atoms with E-state index in [4.69, 9.17) is 17.3 Å². The number of nitrogens with two attached hydrogens (primary N) is 1. The van der Waals surface area contributed by atoms with E-state index in [1.54, 1.807) is 0 Å². The van der Waals surface area contributed by atoms with Crippen molar-refractivity contribution < 1.29 is 9.59 Å². The molecule has 0 bridgehead atoms. The van der Waals surface area contributed by atoms with Crippen molar-refractivity contribution >= 4 is 44.8 Å². The van der Waals surface area contributed by atoms with E-state index >= 15 is 0 Å². The highest BCUT2D eigenvalue weighted by atomic mass is 35.5. The summed E-state index contributed by atoms with van der Waals surface area (Å²) in [4.78, 5) is 24.3. The van der Waals surface area contributed by atoms with Crippen LogP contribution < -0.4 is 11.1 Å². The number of carbonyl (C=O) groups excluding carboxylic acids is 2. The quantitative estimate of drug-likeness (QED) is 0.886. The van der Waals surface area contributed by atoms with Gasteiger partial charge in [-0.05, 0) is 12.0 Å². The minimum Gasteiger partial charge on any atom is -0.368 e. The number of amides is 2. The lowest BCUT2D eigenvalue weighted by Crippen LogP contribution is -2.48. The molecule has 112 valence electrons. The van der Waals surface area contributed by atoms with Gasteiger partial charge in [0.15, 0.2) is 0 Å². The van der Waals surface area contributed by atoms with Gasteiger partial charge in [-0.2, -0.15) is 0 Å². The Labute approximate surface area is 132 Å². The number of halogens is 1. The van der Waals surface area contributed by atoms with Crippen LogP contribution in [-0.4, -0.2) is 17.9 Å². The fourth-order valence-electron chi connectivity index (χ4n) is 2.10. The van der Waals surface area contributed by atoms with Crippen LogP contribution in [-0.2, 0) is 4.79 Å². The third-order valence-electron chi connectivity index (χ3n) is 3.55. The number of nitrogens with one attached hydrogen (secondary N) is 1. The van der Waals surface area contributed by atoms with Crippen LogP contribution in [0.5, 0.6) is 0 Å². The number of carbonyl (C=O) groups is 2. The van der Waals surface area contributed by atoms with Crippen molar-refractivity contribution in [2.75, 3.05) is 0 Å². The standard InChI is InChI=1S/C15H17ClN2O2S/c1-3-8(2)12(14(17)19)18-15(20)13-11(16)9-6-4-5-7-10(9)21-13/h4-8,12H,3H2,1-2H3,(H2,17,19)(H,18,20). The molecule has 0 aliphatic rings. The fraction of sp³-hybridized carbons (Fsp3) is 0.333. The summed E-state index contributed by atoms with van der Waals surface area (Å²) in [6, 6.07) is 6.84.